The van der Waals surface area contributed by atoms with Crippen molar-refractivity contribution < 1.29 is 9.50 Å². The van der Waals surface area contributed by atoms with Crippen molar-refractivity contribution in [3.05, 3.63) is 67.5 Å². The number of aryl methyl sites for hydroxylation is 1. The van der Waals surface area contributed by atoms with Crippen LogP contribution < -0.4 is 0 Å². The second kappa shape index (κ2) is 5.55. The van der Waals surface area contributed by atoms with Gasteiger partial charge in [0.05, 0.1) is 5.02 Å². The largest absolute Gasteiger partial charge is 0.384 e. The average molecular weight is 377 g/mol. The summed E-state index contributed by atoms with van der Waals surface area (Å²) < 4.78 is 14.6. The van der Waals surface area contributed by atoms with Crippen LogP contribution >= 0.6 is 34.2 Å². The number of rotatable bonds is 2. The molecule has 0 amide bonds. The van der Waals surface area contributed by atoms with Crippen LogP contribution in [0.4, 0.5) is 4.39 Å². The lowest BCUT2D eigenvalue weighted by Gasteiger charge is -2.14. The van der Waals surface area contributed by atoms with E-state index in [-0.39, 0.29) is 5.56 Å². The van der Waals surface area contributed by atoms with E-state index in [0.29, 0.717) is 10.6 Å². The average Bonchev–Trinajstić information content (AvgIpc) is 2.35. The Labute approximate surface area is 124 Å². The first kappa shape index (κ1) is 13.8. The van der Waals surface area contributed by atoms with E-state index in [4.69, 9.17) is 11.6 Å². The summed E-state index contributed by atoms with van der Waals surface area (Å²) in [5, 5.41) is 10.8. The number of hydrogen-bond acceptors (Lipinski definition) is 1. The zero-order valence-corrected chi connectivity index (χ0v) is 12.5. The third-order valence-corrected chi connectivity index (χ3v) is 4.28. The van der Waals surface area contributed by atoms with Gasteiger partial charge in [0, 0.05) is 9.13 Å². The first-order valence-electron chi connectivity index (χ1n) is 5.38. The lowest BCUT2D eigenvalue weighted by Crippen LogP contribution is -2.03. The van der Waals surface area contributed by atoms with E-state index in [2.05, 4.69) is 22.6 Å². The molecule has 0 aliphatic heterocycles. The van der Waals surface area contributed by atoms with Gasteiger partial charge in [0.15, 0.2) is 0 Å². The van der Waals surface area contributed by atoms with Gasteiger partial charge in [-0.3, -0.25) is 0 Å². The molecule has 4 heteroatoms. The molecule has 1 unspecified atom stereocenters. The first-order chi connectivity index (χ1) is 8.49. The van der Waals surface area contributed by atoms with E-state index in [0.717, 1.165) is 9.13 Å². The van der Waals surface area contributed by atoms with E-state index in [1.165, 1.54) is 6.07 Å². The molecular formula is C14H11ClFIO. The van der Waals surface area contributed by atoms with Crippen molar-refractivity contribution >= 4 is 34.2 Å². The molecule has 2 rings (SSSR count). The number of halogens is 3. The summed E-state index contributed by atoms with van der Waals surface area (Å²) in [4.78, 5) is 0. The summed E-state index contributed by atoms with van der Waals surface area (Å²) in [5.74, 6) is -0.414. The Hall–Kier alpha value is -0.650. The molecule has 0 heterocycles. The quantitative estimate of drug-likeness (QED) is 0.767. The number of aliphatic hydroxyl groups is 1. The van der Waals surface area contributed by atoms with E-state index < -0.39 is 11.9 Å². The molecule has 0 fully saturated rings. The van der Waals surface area contributed by atoms with Crippen molar-refractivity contribution in [2.75, 3.05) is 0 Å². The summed E-state index contributed by atoms with van der Waals surface area (Å²) in [6, 6.07) is 9.89. The van der Waals surface area contributed by atoms with Crippen LogP contribution in [0.15, 0.2) is 36.4 Å². The zero-order chi connectivity index (χ0) is 13.3. The lowest BCUT2D eigenvalue weighted by atomic mass is 9.99. The van der Waals surface area contributed by atoms with E-state index >= 15 is 0 Å². The van der Waals surface area contributed by atoms with Gasteiger partial charge < -0.3 is 5.11 Å². The molecule has 18 heavy (non-hydrogen) atoms. The Morgan fingerprint density at radius 3 is 2.61 bits per heavy atom. The van der Waals surface area contributed by atoms with E-state index in [1.54, 1.807) is 30.3 Å². The molecule has 0 aromatic heterocycles. The van der Waals surface area contributed by atoms with Crippen molar-refractivity contribution in [2.24, 2.45) is 0 Å². The van der Waals surface area contributed by atoms with Gasteiger partial charge in [-0.1, -0.05) is 35.4 Å². The van der Waals surface area contributed by atoms with Crippen LogP contribution in [0.25, 0.3) is 0 Å². The Kier molecular flexibility index (Phi) is 4.25. The number of aliphatic hydroxyl groups excluding tert-OH is 1. The summed E-state index contributed by atoms with van der Waals surface area (Å²) in [6.07, 6.45) is -1.00. The van der Waals surface area contributed by atoms with Gasteiger partial charge >= 0.3 is 0 Å². The molecule has 0 saturated heterocycles. The van der Waals surface area contributed by atoms with Gasteiger partial charge in [-0.05, 0) is 53.3 Å². The molecule has 1 atom stereocenters. The molecule has 0 bridgehead atoms. The highest BCUT2D eigenvalue weighted by molar-refractivity contribution is 14.1. The van der Waals surface area contributed by atoms with Gasteiger partial charge in [0.1, 0.15) is 11.9 Å². The van der Waals surface area contributed by atoms with Crippen LogP contribution in [-0.2, 0) is 0 Å². The highest BCUT2D eigenvalue weighted by Gasteiger charge is 2.16. The van der Waals surface area contributed by atoms with Crippen LogP contribution in [-0.4, -0.2) is 5.11 Å². The van der Waals surface area contributed by atoms with Crippen LogP contribution in [0.2, 0.25) is 5.02 Å². The molecule has 0 aliphatic rings. The smallest absolute Gasteiger partial charge is 0.129 e. The van der Waals surface area contributed by atoms with Crippen LogP contribution in [0, 0.1) is 16.3 Å². The molecular weight excluding hydrogens is 366 g/mol. The summed E-state index contributed by atoms with van der Waals surface area (Å²) in [6.45, 7) is 1.86. The highest BCUT2D eigenvalue weighted by atomic mass is 127. The number of benzene rings is 2. The molecule has 2 aromatic carbocycles. The fourth-order valence-electron chi connectivity index (χ4n) is 1.73. The molecule has 1 N–H and O–H groups in total. The predicted molar refractivity (Wildman–Crippen MR) is 79.4 cm³/mol. The van der Waals surface area contributed by atoms with Gasteiger partial charge in [-0.25, -0.2) is 4.39 Å². The summed E-state index contributed by atoms with van der Waals surface area (Å²) >= 11 is 8.11. The van der Waals surface area contributed by atoms with Crippen LogP contribution in [0.3, 0.4) is 0 Å². The van der Waals surface area contributed by atoms with E-state index in [1.807, 2.05) is 6.92 Å². The minimum Gasteiger partial charge on any atom is -0.384 e. The third-order valence-electron chi connectivity index (χ3n) is 2.71. The Morgan fingerprint density at radius 1 is 1.22 bits per heavy atom. The van der Waals surface area contributed by atoms with Gasteiger partial charge in [-0.2, -0.15) is 0 Å². The Balaban J connectivity index is 2.44. The molecule has 2 aromatic rings. The SMILES string of the molecule is Cc1ccc(F)c(C(O)c2ccc(I)c(Cl)c2)c1. The van der Waals surface area contributed by atoms with Crippen LogP contribution in [0.5, 0.6) is 0 Å². The van der Waals surface area contributed by atoms with Gasteiger partial charge in [-0.15, -0.1) is 0 Å². The second-order valence-corrected chi connectivity index (χ2v) is 5.67. The van der Waals surface area contributed by atoms with Crippen molar-refractivity contribution in [1.29, 1.82) is 0 Å². The topological polar surface area (TPSA) is 20.2 Å². The normalized spacial score (nSPS) is 12.5. The maximum Gasteiger partial charge on any atom is 0.129 e. The second-order valence-electron chi connectivity index (χ2n) is 4.10. The maximum atomic E-state index is 13.7. The number of hydrogen-bond donors (Lipinski definition) is 1. The van der Waals surface area contributed by atoms with Gasteiger partial charge in [0.2, 0.25) is 0 Å². The van der Waals surface area contributed by atoms with Crippen molar-refractivity contribution in [2.45, 2.75) is 13.0 Å². The minimum atomic E-state index is -1.00. The fraction of sp³-hybridized carbons (Fsp3) is 0.143. The first-order valence-corrected chi connectivity index (χ1v) is 6.84. The van der Waals surface area contributed by atoms with Gasteiger partial charge in [0.25, 0.3) is 0 Å². The maximum absolute atomic E-state index is 13.7. The molecule has 94 valence electrons. The standard InChI is InChI=1S/C14H11ClFIO/c1-8-2-4-12(16)10(6-8)14(18)9-3-5-13(17)11(15)7-9/h2-7,14,18H,1H3. The van der Waals surface area contributed by atoms with Crippen LogP contribution in [0.1, 0.15) is 22.8 Å². The third kappa shape index (κ3) is 2.84. The van der Waals surface area contributed by atoms with Crippen molar-refractivity contribution in [1.82, 2.24) is 0 Å². The minimum absolute atomic E-state index is 0.271. The lowest BCUT2D eigenvalue weighted by molar-refractivity contribution is 0.215. The molecule has 0 aliphatic carbocycles. The molecule has 0 radical (unpaired) electrons. The summed E-state index contributed by atoms with van der Waals surface area (Å²) in [5.41, 5.74) is 1.76. The predicted octanol–water partition coefficient (Wildman–Crippen LogP) is 4.47. The molecule has 0 spiro atoms. The fourth-order valence-corrected chi connectivity index (χ4v) is 2.26. The van der Waals surface area contributed by atoms with E-state index in [9.17, 15) is 9.50 Å². The molecule has 1 nitrogen and oxygen atoms in total. The van der Waals surface area contributed by atoms with Crippen molar-refractivity contribution in [3.8, 4) is 0 Å². The Bertz CT molecular complexity index is 586. The Morgan fingerprint density at radius 2 is 1.94 bits per heavy atom. The summed E-state index contributed by atoms with van der Waals surface area (Å²) in [7, 11) is 0. The molecule has 0 saturated carbocycles. The monoisotopic (exact) mass is 376 g/mol. The zero-order valence-electron chi connectivity index (χ0n) is 9.62. The van der Waals surface area contributed by atoms with Crippen molar-refractivity contribution in [3.63, 3.8) is 0 Å². The highest BCUT2D eigenvalue weighted by Crippen LogP contribution is 2.28.